The van der Waals surface area contributed by atoms with Gasteiger partial charge in [0, 0.05) is 19.4 Å². The van der Waals surface area contributed by atoms with Crippen molar-refractivity contribution in [2.75, 3.05) is 6.54 Å². The molecule has 11 heteroatoms. The van der Waals surface area contributed by atoms with Crippen molar-refractivity contribution < 1.29 is 19.2 Å². The van der Waals surface area contributed by atoms with E-state index >= 15 is 0 Å². The van der Waals surface area contributed by atoms with Gasteiger partial charge >= 0.3 is 0 Å². The highest BCUT2D eigenvalue weighted by molar-refractivity contribution is 5.95. The lowest BCUT2D eigenvalue weighted by Gasteiger charge is -2.33. The smallest absolute Gasteiger partial charge is 0.246 e. The molecule has 2 heterocycles. The second kappa shape index (κ2) is 14.6. The molecule has 2 aliphatic rings. The van der Waals surface area contributed by atoms with E-state index in [2.05, 4.69) is 52.1 Å². The fraction of sp³-hybridized carbons (Fsp3) is 0.676. The van der Waals surface area contributed by atoms with Gasteiger partial charge in [-0.2, -0.15) is 0 Å². The molecule has 4 rings (SSSR count). The summed E-state index contributed by atoms with van der Waals surface area (Å²) in [6.45, 7) is 13.8. The Bertz CT molecular complexity index is 1340. The summed E-state index contributed by atoms with van der Waals surface area (Å²) in [4.78, 5) is 54.6. The van der Waals surface area contributed by atoms with Crippen LogP contribution in [0.3, 0.4) is 0 Å². The highest BCUT2D eigenvalue weighted by Crippen LogP contribution is 2.42. The number of benzene rings is 1. The van der Waals surface area contributed by atoms with Crippen LogP contribution in [-0.4, -0.2) is 73.3 Å². The molecule has 2 N–H and O–H groups in total. The summed E-state index contributed by atoms with van der Waals surface area (Å²) in [5.74, 6) is 0.143. The first kappa shape index (κ1) is 34.2. The van der Waals surface area contributed by atoms with Crippen LogP contribution >= 0.6 is 0 Å². The molecule has 2 aromatic rings. The molecular formula is C34H51N7O4. The Balaban J connectivity index is 1.31. The van der Waals surface area contributed by atoms with Crippen LogP contribution < -0.4 is 10.6 Å². The maximum absolute atomic E-state index is 13.8. The van der Waals surface area contributed by atoms with Gasteiger partial charge in [0.25, 0.3) is 0 Å². The molecule has 2 fully saturated rings. The minimum absolute atomic E-state index is 0.00955. The third kappa shape index (κ3) is 7.79. The normalized spacial score (nSPS) is 21.1. The van der Waals surface area contributed by atoms with Crippen molar-refractivity contribution in [1.29, 1.82) is 0 Å². The number of carbonyl (C=O) groups is 4. The zero-order valence-corrected chi connectivity index (χ0v) is 28.0. The molecule has 11 nitrogen and oxygen atoms in total. The van der Waals surface area contributed by atoms with E-state index in [4.69, 9.17) is 0 Å². The highest BCUT2D eigenvalue weighted by atomic mass is 16.2. The first-order valence-corrected chi connectivity index (χ1v) is 16.6. The second-order valence-corrected chi connectivity index (χ2v) is 14.1. The standard InChI is InChI=1S/C34H51N7O4/c1-21(2)29(32(44)36-30(22(3)4)33(45)40-20-24-14-13-17-26(24)31(40)23(5)42)35-28(43)19-12-11-18-27-37-38-39-41(27)34(6,7)25-15-9-8-10-16-25/h8-10,15-16,21-22,24,26,29-31H,11-14,17-20H2,1-7H3,(H,35,43)(H,36,44)/t24?,26-,29-,30-,31?/m0/s1. The predicted octanol–water partition coefficient (Wildman–Crippen LogP) is 3.67. The van der Waals surface area contributed by atoms with Crippen LogP contribution in [0.1, 0.15) is 98.4 Å². The van der Waals surface area contributed by atoms with Crippen molar-refractivity contribution in [3.63, 3.8) is 0 Å². The third-order valence-corrected chi connectivity index (χ3v) is 9.68. The monoisotopic (exact) mass is 621 g/mol. The van der Waals surface area contributed by atoms with Gasteiger partial charge in [-0.05, 0) is 86.1 Å². The maximum Gasteiger partial charge on any atom is 0.246 e. The number of nitrogens with zero attached hydrogens (tertiary/aromatic N) is 5. The minimum Gasteiger partial charge on any atom is -0.344 e. The number of rotatable bonds is 14. The summed E-state index contributed by atoms with van der Waals surface area (Å²) < 4.78 is 1.83. The Kier molecular flexibility index (Phi) is 11.1. The maximum atomic E-state index is 13.8. The van der Waals surface area contributed by atoms with Gasteiger partial charge in [-0.1, -0.05) is 64.4 Å². The fourth-order valence-electron chi connectivity index (χ4n) is 7.10. The number of fused-ring (bicyclic) bond motifs is 1. The average molecular weight is 622 g/mol. The lowest BCUT2D eigenvalue weighted by Crippen LogP contribution is -2.58. The number of ketones is 1. The Hall–Kier alpha value is -3.63. The van der Waals surface area contributed by atoms with Crippen LogP contribution in [0.5, 0.6) is 0 Å². The number of hydrogen-bond donors (Lipinski definition) is 2. The van der Waals surface area contributed by atoms with E-state index in [0.29, 0.717) is 31.7 Å². The van der Waals surface area contributed by atoms with Crippen LogP contribution in [0.25, 0.3) is 0 Å². The Morgan fingerprint density at radius 3 is 2.29 bits per heavy atom. The molecule has 0 spiro atoms. The molecule has 1 saturated carbocycles. The van der Waals surface area contributed by atoms with Crippen LogP contribution in [0.15, 0.2) is 30.3 Å². The number of nitrogens with one attached hydrogen (secondary N) is 2. The summed E-state index contributed by atoms with van der Waals surface area (Å²) in [7, 11) is 0. The minimum atomic E-state index is -0.785. The molecule has 2 unspecified atom stereocenters. The van der Waals surface area contributed by atoms with E-state index in [1.165, 1.54) is 0 Å². The molecule has 1 saturated heterocycles. The van der Waals surface area contributed by atoms with Gasteiger partial charge in [0.05, 0.1) is 11.6 Å². The van der Waals surface area contributed by atoms with Gasteiger partial charge in [-0.15, -0.1) is 5.10 Å². The number of aromatic nitrogens is 4. The van der Waals surface area contributed by atoms with Gasteiger partial charge < -0.3 is 15.5 Å². The average Bonchev–Trinajstić information content (AvgIpc) is 3.73. The molecule has 246 valence electrons. The van der Waals surface area contributed by atoms with E-state index < -0.39 is 23.7 Å². The van der Waals surface area contributed by atoms with Crippen LogP contribution in [-0.2, 0) is 31.1 Å². The van der Waals surface area contributed by atoms with Gasteiger partial charge in [0.15, 0.2) is 11.6 Å². The summed E-state index contributed by atoms with van der Waals surface area (Å²) in [6, 6.07) is 8.09. The van der Waals surface area contributed by atoms with Gasteiger partial charge in [0.2, 0.25) is 17.7 Å². The quantitative estimate of drug-likeness (QED) is 0.307. The molecule has 1 aliphatic carbocycles. The molecule has 1 aliphatic heterocycles. The van der Waals surface area contributed by atoms with E-state index in [1.807, 2.05) is 50.6 Å². The Morgan fingerprint density at radius 2 is 1.64 bits per heavy atom. The SMILES string of the molecule is CC(=O)C1[C@H]2CCCC2CN1C(=O)[C@@H](NC(=O)[C@@H](NC(=O)CCCCc1nnnn1C(C)(C)c1ccccc1)C(C)C)C(C)C. The number of aryl methyl sites for hydroxylation is 1. The van der Waals surface area contributed by atoms with Crippen molar-refractivity contribution >= 4 is 23.5 Å². The fourth-order valence-corrected chi connectivity index (χ4v) is 7.10. The van der Waals surface area contributed by atoms with Crippen molar-refractivity contribution in [1.82, 2.24) is 35.7 Å². The van der Waals surface area contributed by atoms with Gasteiger partial charge in [0.1, 0.15) is 12.1 Å². The van der Waals surface area contributed by atoms with Crippen molar-refractivity contribution in [3.05, 3.63) is 41.7 Å². The topological polar surface area (TPSA) is 139 Å². The van der Waals surface area contributed by atoms with Crippen LogP contribution in [0.4, 0.5) is 0 Å². The van der Waals surface area contributed by atoms with E-state index in [1.54, 1.807) is 11.8 Å². The molecule has 45 heavy (non-hydrogen) atoms. The molecule has 5 atom stereocenters. The summed E-state index contributed by atoms with van der Waals surface area (Å²) in [5.41, 5.74) is 0.671. The number of Topliss-reactive ketones (excluding diaryl/α,β-unsaturated/α-hetero) is 1. The zero-order chi connectivity index (χ0) is 32.9. The van der Waals surface area contributed by atoms with Crippen molar-refractivity contribution in [2.45, 2.75) is 117 Å². The lowest BCUT2D eigenvalue weighted by atomic mass is 9.91. The first-order chi connectivity index (χ1) is 21.3. The Labute approximate surface area is 267 Å². The number of hydrogen-bond acceptors (Lipinski definition) is 7. The number of unbranched alkanes of at least 4 members (excludes halogenated alkanes) is 1. The number of carbonyl (C=O) groups excluding carboxylic acids is 4. The van der Waals surface area contributed by atoms with E-state index in [0.717, 1.165) is 30.7 Å². The second-order valence-electron chi connectivity index (χ2n) is 14.1. The third-order valence-electron chi connectivity index (χ3n) is 9.68. The molecule has 3 amide bonds. The molecule has 0 radical (unpaired) electrons. The number of amides is 3. The number of likely N-dealkylation sites (tertiary alicyclic amines) is 1. The largest absolute Gasteiger partial charge is 0.344 e. The molecule has 1 aromatic carbocycles. The Morgan fingerprint density at radius 1 is 0.956 bits per heavy atom. The van der Waals surface area contributed by atoms with Crippen molar-refractivity contribution in [3.8, 4) is 0 Å². The first-order valence-electron chi connectivity index (χ1n) is 16.6. The number of tetrazole rings is 1. The van der Waals surface area contributed by atoms with Gasteiger partial charge in [-0.25, -0.2) is 4.68 Å². The highest BCUT2D eigenvalue weighted by Gasteiger charge is 2.49. The van der Waals surface area contributed by atoms with Crippen LogP contribution in [0.2, 0.25) is 0 Å². The lowest BCUT2D eigenvalue weighted by molar-refractivity contribution is -0.142. The van der Waals surface area contributed by atoms with Crippen LogP contribution in [0, 0.1) is 23.7 Å². The molecular weight excluding hydrogens is 570 g/mol. The van der Waals surface area contributed by atoms with Gasteiger partial charge in [-0.3, -0.25) is 19.2 Å². The molecule has 1 aromatic heterocycles. The van der Waals surface area contributed by atoms with E-state index in [-0.39, 0.29) is 47.7 Å². The molecule has 0 bridgehead atoms. The zero-order valence-electron chi connectivity index (χ0n) is 28.0. The van der Waals surface area contributed by atoms with E-state index in [9.17, 15) is 19.2 Å². The predicted molar refractivity (Wildman–Crippen MR) is 171 cm³/mol. The summed E-state index contributed by atoms with van der Waals surface area (Å²) in [6.07, 6.45) is 5.25. The summed E-state index contributed by atoms with van der Waals surface area (Å²) >= 11 is 0. The van der Waals surface area contributed by atoms with Crippen molar-refractivity contribution in [2.24, 2.45) is 23.7 Å². The summed E-state index contributed by atoms with van der Waals surface area (Å²) in [5, 5.41) is 18.2.